The van der Waals surface area contributed by atoms with Gasteiger partial charge in [0.05, 0.1) is 25.9 Å². The first-order valence-corrected chi connectivity index (χ1v) is 9.16. The summed E-state index contributed by atoms with van der Waals surface area (Å²) in [6.45, 7) is 6.40. The monoisotopic (exact) mass is 404 g/mol. The fraction of sp³-hybridized carbons (Fsp3) is 0.333. The number of halogens is 2. The summed E-state index contributed by atoms with van der Waals surface area (Å²) in [5.74, 6) is -1.35. The van der Waals surface area contributed by atoms with Crippen molar-refractivity contribution in [1.82, 2.24) is 5.32 Å². The van der Waals surface area contributed by atoms with Crippen LogP contribution in [0.25, 0.3) is 0 Å². The second-order valence-corrected chi connectivity index (χ2v) is 5.80. The number of ether oxygens (including phenoxy) is 3. The number of rotatable bonds is 9. The quantitative estimate of drug-likeness (QED) is 0.679. The van der Waals surface area contributed by atoms with Crippen molar-refractivity contribution in [2.24, 2.45) is 0 Å². The summed E-state index contributed by atoms with van der Waals surface area (Å²) >= 11 is 0. The second-order valence-electron chi connectivity index (χ2n) is 5.80. The third-order valence-electron chi connectivity index (χ3n) is 3.85. The van der Waals surface area contributed by atoms with Gasteiger partial charge in [-0.05, 0) is 39.0 Å². The maximum absolute atomic E-state index is 14.0. The van der Waals surface area contributed by atoms with Gasteiger partial charge >= 0.3 is 0 Å². The van der Waals surface area contributed by atoms with Gasteiger partial charge < -0.3 is 19.5 Å². The fourth-order valence-electron chi connectivity index (χ4n) is 2.65. The first kappa shape index (κ1) is 22.0. The number of benzene rings is 2. The molecule has 2 rings (SSSR count). The Morgan fingerprint density at radius 2 is 1.62 bits per heavy atom. The van der Waals surface area contributed by atoms with Gasteiger partial charge in [0.15, 0.2) is 11.5 Å². The molecule has 29 heavy (non-hydrogen) atoms. The first-order chi connectivity index (χ1) is 13.9. The summed E-state index contributed by atoms with van der Waals surface area (Å²) in [5.41, 5.74) is 0.00590. The zero-order chi connectivity index (χ0) is 21.4. The Morgan fingerprint density at radius 3 is 2.10 bits per heavy atom. The van der Waals surface area contributed by atoms with Gasteiger partial charge in [-0.2, -0.15) is 5.26 Å². The molecule has 0 bridgehead atoms. The molecule has 8 heteroatoms. The van der Waals surface area contributed by atoms with E-state index >= 15 is 0 Å². The molecule has 6 nitrogen and oxygen atoms in total. The maximum atomic E-state index is 14.0. The Labute approximate surface area is 168 Å². The summed E-state index contributed by atoms with van der Waals surface area (Å²) in [4.78, 5) is 12.7. The van der Waals surface area contributed by atoms with Crippen LogP contribution in [-0.2, 0) is 0 Å². The Balaban J connectivity index is 2.38. The van der Waals surface area contributed by atoms with Crippen molar-refractivity contribution in [2.75, 3.05) is 19.8 Å². The van der Waals surface area contributed by atoms with Crippen LogP contribution in [0.2, 0.25) is 0 Å². The number of carbonyl (C=O) groups is 1. The summed E-state index contributed by atoms with van der Waals surface area (Å²) in [5, 5.41) is 11.8. The molecule has 0 aromatic heterocycles. The number of amides is 1. The zero-order valence-electron chi connectivity index (χ0n) is 16.4. The number of nitrogens with one attached hydrogen (secondary N) is 1. The highest BCUT2D eigenvalue weighted by molar-refractivity contribution is 5.96. The van der Waals surface area contributed by atoms with Crippen LogP contribution in [0.3, 0.4) is 0 Å². The third-order valence-corrected chi connectivity index (χ3v) is 3.85. The summed E-state index contributed by atoms with van der Waals surface area (Å²) in [6, 6.07) is 6.22. The number of hydrogen-bond acceptors (Lipinski definition) is 5. The molecule has 1 atom stereocenters. The third kappa shape index (κ3) is 5.35. The largest absolute Gasteiger partial charge is 0.490 e. The van der Waals surface area contributed by atoms with Crippen molar-refractivity contribution in [3.05, 3.63) is 53.1 Å². The topological polar surface area (TPSA) is 80.6 Å². The van der Waals surface area contributed by atoms with Gasteiger partial charge in [-0.15, -0.1) is 0 Å². The highest BCUT2D eigenvalue weighted by Crippen LogP contribution is 2.39. The van der Waals surface area contributed by atoms with Gasteiger partial charge in [0.1, 0.15) is 17.7 Å². The van der Waals surface area contributed by atoms with Gasteiger partial charge in [0, 0.05) is 17.2 Å². The van der Waals surface area contributed by atoms with E-state index in [1.54, 1.807) is 20.8 Å². The normalized spacial score (nSPS) is 11.3. The van der Waals surface area contributed by atoms with E-state index in [2.05, 4.69) is 5.32 Å². The molecular weight excluding hydrogens is 382 g/mol. The lowest BCUT2D eigenvalue weighted by atomic mass is 10.1. The van der Waals surface area contributed by atoms with E-state index in [0.29, 0.717) is 43.1 Å². The van der Waals surface area contributed by atoms with Crippen LogP contribution in [-0.4, -0.2) is 25.7 Å². The van der Waals surface area contributed by atoms with Gasteiger partial charge in [-0.25, -0.2) is 8.78 Å². The minimum Gasteiger partial charge on any atom is -0.490 e. The lowest BCUT2D eigenvalue weighted by molar-refractivity contribution is 0.0943. The van der Waals surface area contributed by atoms with Crippen LogP contribution in [0.15, 0.2) is 30.3 Å². The predicted molar refractivity (Wildman–Crippen MR) is 102 cm³/mol. The van der Waals surface area contributed by atoms with E-state index in [4.69, 9.17) is 14.2 Å². The lowest BCUT2D eigenvalue weighted by Crippen LogP contribution is -2.28. The van der Waals surface area contributed by atoms with Crippen molar-refractivity contribution in [2.45, 2.75) is 26.8 Å². The summed E-state index contributed by atoms with van der Waals surface area (Å²) < 4.78 is 43.9. The van der Waals surface area contributed by atoms with Crippen LogP contribution >= 0.6 is 0 Å². The fourth-order valence-corrected chi connectivity index (χ4v) is 2.65. The van der Waals surface area contributed by atoms with Gasteiger partial charge in [0.2, 0.25) is 5.75 Å². The van der Waals surface area contributed by atoms with Crippen molar-refractivity contribution in [3.63, 3.8) is 0 Å². The lowest BCUT2D eigenvalue weighted by Gasteiger charge is -2.18. The van der Waals surface area contributed by atoms with E-state index in [1.165, 1.54) is 12.1 Å². The predicted octanol–water partition coefficient (Wildman–Crippen LogP) is 4.16. The summed E-state index contributed by atoms with van der Waals surface area (Å²) in [7, 11) is 0. The molecule has 0 saturated carbocycles. The second kappa shape index (κ2) is 10.3. The highest BCUT2D eigenvalue weighted by Gasteiger charge is 2.22. The molecule has 0 saturated heterocycles. The number of hydrogen-bond donors (Lipinski definition) is 1. The number of carbonyl (C=O) groups excluding carboxylic acids is 1. The maximum Gasteiger partial charge on any atom is 0.252 e. The minimum atomic E-state index is -1.30. The van der Waals surface area contributed by atoms with Gasteiger partial charge in [-0.1, -0.05) is 6.07 Å². The Hall–Kier alpha value is -3.34. The van der Waals surface area contributed by atoms with Crippen LogP contribution in [0.1, 0.15) is 42.7 Å². The molecule has 1 N–H and O–H groups in total. The molecule has 0 spiro atoms. The SMILES string of the molecule is CCOc1cc(C(=O)NC(C#N)c2ccc(F)cc2F)cc(OCC)c1OCC. The molecule has 0 fully saturated rings. The average Bonchev–Trinajstić information content (AvgIpc) is 2.69. The van der Waals surface area contributed by atoms with Crippen LogP contribution in [0.4, 0.5) is 8.78 Å². The van der Waals surface area contributed by atoms with Crippen LogP contribution in [0.5, 0.6) is 17.2 Å². The van der Waals surface area contributed by atoms with Crippen molar-refractivity contribution < 1.29 is 27.8 Å². The Bertz CT molecular complexity index is 885. The van der Waals surface area contributed by atoms with E-state index in [9.17, 15) is 18.8 Å². The Morgan fingerprint density at radius 1 is 1.03 bits per heavy atom. The smallest absolute Gasteiger partial charge is 0.252 e. The molecule has 0 radical (unpaired) electrons. The summed E-state index contributed by atoms with van der Waals surface area (Å²) in [6.07, 6.45) is 0. The molecular formula is C21H22F2N2O4. The molecule has 2 aromatic rings. The average molecular weight is 404 g/mol. The van der Waals surface area contributed by atoms with Crippen LogP contribution in [0, 0.1) is 23.0 Å². The molecule has 0 heterocycles. The Kier molecular flexibility index (Phi) is 7.78. The molecule has 0 aliphatic carbocycles. The molecule has 0 aliphatic heterocycles. The number of nitrogens with zero attached hydrogens (tertiary/aromatic N) is 1. The molecule has 0 aliphatic rings. The molecule has 2 aromatic carbocycles. The van der Waals surface area contributed by atoms with E-state index in [-0.39, 0.29) is 11.1 Å². The molecule has 1 amide bonds. The van der Waals surface area contributed by atoms with E-state index in [1.807, 2.05) is 6.07 Å². The van der Waals surface area contributed by atoms with Gasteiger partial charge in [-0.3, -0.25) is 4.79 Å². The van der Waals surface area contributed by atoms with Crippen molar-refractivity contribution in [1.29, 1.82) is 5.26 Å². The number of nitriles is 1. The van der Waals surface area contributed by atoms with Gasteiger partial charge in [0.25, 0.3) is 5.91 Å². The van der Waals surface area contributed by atoms with Crippen molar-refractivity contribution in [3.8, 4) is 23.3 Å². The van der Waals surface area contributed by atoms with E-state index < -0.39 is 23.6 Å². The zero-order valence-corrected chi connectivity index (χ0v) is 16.4. The molecule has 1 unspecified atom stereocenters. The highest BCUT2D eigenvalue weighted by atomic mass is 19.1. The minimum absolute atomic E-state index is 0.136. The standard InChI is InChI=1S/C21H22F2N2O4/c1-4-27-18-9-13(10-19(28-5-2)20(18)29-6-3)21(26)25-17(12-24)15-8-7-14(22)11-16(15)23/h7-11,17H,4-6H2,1-3H3,(H,25,26). The molecule has 154 valence electrons. The van der Waals surface area contributed by atoms with Crippen LogP contribution < -0.4 is 19.5 Å². The first-order valence-electron chi connectivity index (χ1n) is 9.16. The van der Waals surface area contributed by atoms with E-state index in [0.717, 1.165) is 12.1 Å². The van der Waals surface area contributed by atoms with Crippen molar-refractivity contribution >= 4 is 5.91 Å².